The second kappa shape index (κ2) is 14.1. The van der Waals surface area contributed by atoms with Crippen LogP contribution in [0.4, 0.5) is 0 Å². The molecule has 1 atom stereocenters. The molecule has 0 bridgehead atoms. The van der Waals surface area contributed by atoms with Crippen LogP contribution in [0.3, 0.4) is 0 Å². The van der Waals surface area contributed by atoms with Gasteiger partial charge < -0.3 is 23.8 Å². The van der Waals surface area contributed by atoms with Gasteiger partial charge in [-0.25, -0.2) is 0 Å². The van der Waals surface area contributed by atoms with E-state index in [1.165, 1.54) is 5.56 Å². The van der Waals surface area contributed by atoms with Crippen molar-refractivity contribution in [3.8, 4) is 23.0 Å². The fourth-order valence-corrected chi connectivity index (χ4v) is 4.94. The number of carbonyl (C=O) groups excluding carboxylic acids is 1. The van der Waals surface area contributed by atoms with Crippen molar-refractivity contribution in [2.75, 3.05) is 52.6 Å². The molecule has 0 fully saturated rings. The lowest BCUT2D eigenvalue weighted by molar-refractivity contribution is -0.135. The molecule has 37 heavy (non-hydrogen) atoms. The summed E-state index contributed by atoms with van der Waals surface area (Å²) in [6.07, 6.45) is 1.46. The van der Waals surface area contributed by atoms with Crippen LogP contribution in [0.15, 0.2) is 30.3 Å². The Kier molecular flexibility index (Phi) is 10.9. The molecule has 0 aliphatic carbocycles. The minimum atomic E-state index is -0.117. The van der Waals surface area contributed by atoms with Gasteiger partial charge in [0.2, 0.25) is 5.91 Å². The highest BCUT2D eigenvalue weighted by molar-refractivity contribution is 5.79. The summed E-state index contributed by atoms with van der Waals surface area (Å²) < 4.78 is 23.5. The molecule has 7 nitrogen and oxygen atoms in total. The quantitative estimate of drug-likeness (QED) is 0.343. The van der Waals surface area contributed by atoms with Crippen LogP contribution in [-0.4, -0.2) is 68.3 Å². The number of hydrogen-bond acceptors (Lipinski definition) is 6. The Labute approximate surface area is 222 Å². The second-order valence-corrected chi connectivity index (χ2v) is 9.03. The van der Waals surface area contributed by atoms with Crippen LogP contribution in [0.5, 0.6) is 23.0 Å². The smallest absolute Gasteiger partial charge is 0.237 e. The van der Waals surface area contributed by atoms with Crippen molar-refractivity contribution >= 4 is 5.91 Å². The van der Waals surface area contributed by atoms with Crippen LogP contribution in [0.2, 0.25) is 0 Å². The van der Waals surface area contributed by atoms with Gasteiger partial charge in [-0.1, -0.05) is 19.9 Å². The molecule has 1 unspecified atom stereocenters. The lowest BCUT2D eigenvalue weighted by atomic mass is 9.88. The Morgan fingerprint density at radius 2 is 1.38 bits per heavy atom. The standard InChI is InChI=1S/C30H44N2O5/c1-7-31(8-2)21-30(33)32-16-15-23-19-28(36-11-5)29(37-12-6)20-24(23)25(32)17-22-13-14-26(34-9-3)27(18-22)35-10-4/h13-14,18-20,25H,7-12,15-17,21H2,1-6H3. The van der Waals surface area contributed by atoms with Crippen LogP contribution in [0.1, 0.15) is 64.3 Å². The highest BCUT2D eigenvalue weighted by atomic mass is 16.5. The van der Waals surface area contributed by atoms with E-state index >= 15 is 0 Å². The SMILES string of the molecule is CCOc1ccc(CC2c3cc(OCC)c(OCC)cc3CCN2C(=O)CN(CC)CC)cc1OCC. The molecule has 0 aromatic heterocycles. The van der Waals surface area contributed by atoms with E-state index in [9.17, 15) is 4.79 Å². The van der Waals surface area contributed by atoms with E-state index < -0.39 is 0 Å². The number of carbonyl (C=O) groups is 1. The third-order valence-corrected chi connectivity index (χ3v) is 6.77. The van der Waals surface area contributed by atoms with Gasteiger partial charge in [0.15, 0.2) is 23.0 Å². The maximum absolute atomic E-state index is 13.6. The Bertz CT molecular complexity index is 1020. The van der Waals surface area contributed by atoms with Gasteiger partial charge >= 0.3 is 0 Å². The van der Waals surface area contributed by atoms with Gasteiger partial charge in [0.1, 0.15) is 0 Å². The van der Waals surface area contributed by atoms with Crippen molar-refractivity contribution in [1.29, 1.82) is 0 Å². The third-order valence-electron chi connectivity index (χ3n) is 6.77. The van der Waals surface area contributed by atoms with Crippen molar-refractivity contribution < 1.29 is 23.7 Å². The average molecular weight is 513 g/mol. The first-order valence-electron chi connectivity index (χ1n) is 13.8. The van der Waals surface area contributed by atoms with E-state index in [4.69, 9.17) is 18.9 Å². The molecule has 7 heteroatoms. The van der Waals surface area contributed by atoms with Crippen LogP contribution in [0.25, 0.3) is 0 Å². The molecule has 0 saturated heterocycles. The van der Waals surface area contributed by atoms with E-state index in [1.807, 2.05) is 44.7 Å². The molecule has 2 aromatic carbocycles. The van der Waals surface area contributed by atoms with Gasteiger partial charge in [-0.05, 0) is 94.6 Å². The summed E-state index contributed by atoms with van der Waals surface area (Å²) in [5.41, 5.74) is 3.43. The van der Waals surface area contributed by atoms with E-state index in [2.05, 4.69) is 36.9 Å². The topological polar surface area (TPSA) is 60.5 Å². The summed E-state index contributed by atoms with van der Waals surface area (Å²) in [6, 6.07) is 10.2. The van der Waals surface area contributed by atoms with Crippen LogP contribution in [0, 0.1) is 0 Å². The van der Waals surface area contributed by atoms with Crippen molar-refractivity contribution in [3.63, 3.8) is 0 Å². The van der Waals surface area contributed by atoms with E-state index in [1.54, 1.807) is 0 Å². The first-order valence-corrected chi connectivity index (χ1v) is 13.8. The van der Waals surface area contributed by atoms with E-state index in [-0.39, 0.29) is 11.9 Å². The maximum Gasteiger partial charge on any atom is 0.237 e. The molecule has 0 saturated carbocycles. The molecule has 0 N–H and O–H groups in total. The minimum Gasteiger partial charge on any atom is -0.490 e. The number of rotatable bonds is 14. The average Bonchev–Trinajstić information content (AvgIpc) is 2.89. The zero-order chi connectivity index (χ0) is 26.8. The summed E-state index contributed by atoms with van der Waals surface area (Å²) in [7, 11) is 0. The number of benzene rings is 2. The molecule has 1 amide bonds. The lowest BCUT2D eigenvalue weighted by Gasteiger charge is -2.39. The second-order valence-electron chi connectivity index (χ2n) is 9.03. The van der Waals surface area contributed by atoms with Gasteiger partial charge in [0, 0.05) is 6.54 Å². The summed E-state index contributed by atoms with van der Waals surface area (Å²) in [6.45, 7) is 17.1. The first-order chi connectivity index (χ1) is 18.0. The van der Waals surface area contributed by atoms with Crippen LogP contribution < -0.4 is 18.9 Å². The Hall–Kier alpha value is -2.93. The molecular weight excluding hydrogens is 468 g/mol. The molecule has 1 aliphatic rings. The van der Waals surface area contributed by atoms with Gasteiger partial charge in [-0.3, -0.25) is 9.69 Å². The Morgan fingerprint density at radius 3 is 1.97 bits per heavy atom. The molecule has 2 aromatic rings. The summed E-state index contributed by atoms with van der Waals surface area (Å²) in [5, 5.41) is 0. The van der Waals surface area contributed by atoms with Gasteiger partial charge in [0.25, 0.3) is 0 Å². The fraction of sp³-hybridized carbons (Fsp3) is 0.567. The molecule has 0 radical (unpaired) electrons. The predicted octanol–water partition coefficient (Wildman–Crippen LogP) is 5.29. The Balaban J connectivity index is 2.04. The predicted molar refractivity (Wildman–Crippen MR) is 147 cm³/mol. The highest BCUT2D eigenvalue weighted by Crippen LogP contribution is 2.41. The van der Waals surface area contributed by atoms with Crippen LogP contribution in [-0.2, 0) is 17.6 Å². The van der Waals surface area contributed by atoms with Crippen LogP contribution >= 0.6 is 0 Å². The first kappa shape index (κ1) is 28.6. The zero-order valence-corrected chi connectivity index (χ0v) is 23.5. The van der Waals surface area contributed by atoms with Crippen molar-refractivity contribution in [3.05, 3.63) is 47.0 Å². The number of hydrogen-bond donors (Lipinski definition) is 0. The monoisotopic (exact) mass is 512 g/mol. The van der Waals surface area contributed by atoms with E-state index in [0.717, 1.165) is 53.6 Å². The third kappa shape index (κ3) is 7.10. The van der Waals surface area contributed by atoms with Gasteiger partial charge in [0.05, 0.1) is 39.0 Å². The zero-order valence-electron chi connectivity index (χ0n) is 23.5. The largest absolute Gasteiger partial charge is 0.490 e. The van der Waals surface area contributed by atoms with Crippen molar-refractivity contribution in [2.45, 2.75) is 60.4 Å². The maximum atomic E-state index is 13.6. The minimum absolute atomic E-state index is 0.117. The highest BCUT2D eigenvalue weighted by Gasteiger charge is 2.33. The number of likely N-dealkylation sites (N-methyl/N-ethyl adjacent to an activating group) is 1. The molecule has 3 rings (SSSR count). The summed E-state index contributed by atoms with van der Waals surface area (Å²) in [5.74, 6) is 3.13. The van der Waals surface area contributed by atoms with Crippen molar-refractivity contribution in [1.82, 2.24) is 9.80 Å². The molecular formula is C30H44N2O5. The van der Waals surface area contributed by atoms with Gasteiger partial charge in [-0.15, -0.1) is 0 Å². The summed E-state index contributed by atoms with van der Waals surface area (Å²) >= 11 is 0. The fourth-order valence-electron chi connectivity index (χ4n) is 4.94. The van der Waals surface area contributed by atoms with Crippen molar-refractivity contribution in [2.24, 2.45) is 0 Å². The lowest BCUT2D eigenvalue weighted by Crippen LogP contribution is -2.46. The summed E-state index contributed by atoms with van der Waals surface area (Å²) in [4.78, 5) is 17.8. The Morgan fingerprint density at radius 1 is 0.811 bits per heavy atom. The van der Waals surface area contributed by atoms with E-state index in [0.29, 0.717) is 45.9 Å². The number of ether oxygens (including phenoxy) is 4. The molecule has 204 valence electrons. The molecule has 1 heterocycles. The number of nitrogens with zero attached hydrogens (tertiary/aromatic N) is 2. The van der Waals surface area contributed by atoms with Gasteiger partial charge in [-0.2, -0.15) is 0 Å². The number of amides is 1. The molecule has 1 aliphatic heterocycles. The molecule has 0 spiro atoms. The number of fused-ring (bicyclic) bond motifs is 1. The normalized spacial score (nSPS) is 14.9.